The first-order chi connectivity index (χ1) is 9.70. The van der Waals surface area contributed by atoms with Gasteiger partial charge in [-0.05, 0) is 25.0 Å². The summed E-state index contributed by atoms with van der Waals surface area (Å²) in [6, 6.07) is 9.68. The summed E-state index contributed by atoms with van der Waals surface area (Å²) in [4.78, 5) is 12.0. The van der Waals surface area contributed by atoms with Gasteiger partial charge in [0.2, 0.25) is 0 Å². The Morgan fingerprint density at radius 1 is 1.40 bits per heavy atom. The maximum absolute atomic E-state index is 12.0. The molecule has 0 radical (unpaired) electrons. The molecule has 1 unspecified atom stereocenters. The molecule has 0 saturated heterocycles. The lowest BCUT2D eigenvalue weighted by Crippen LogP contribution is -2.25. The van der Waals surface area contributed by atoms with Crippen molar-refractivity contribution >= 4 is 17.5 Å². The SMILES string of the molecule is CCC(Cl)CCNC(=O)c1cnn(-c2ccccc2)c1. The number of aromatic nitrogens is 2. The Balaban J connectivity index is 1.93. The van der Waals surface area contributed by atoms with Crippen LogP contribution in [0.3, 0.4) is 0 Å². The molecule has 1 aromatic heterocycles. The Labute approximate surface area is 123 Å². The van der Waals surface area contributed by atoms with Crippen LogP contribution < -0.4 is 5.32 Å². The zero-order valence-corrected chi connectivity index (χ0v) is 12.2. The molecule has 2 aromatic rings. The third-order valence-electron chi connectivity index (χ3n) is 3.05. The molecule has 0 saturated carbocycles. The number of carbonyl (C=O) groups is 1. The number of nitrogens with zero attached hydrogens (tertiary/aromatic N) is 2. The number of hydrogen-bond acceptors (Lipinski definition) is 2. The zero-order valence-electron chi connectivity index (χ0n) is 11.4. The topological polar surface area (TPSA) is 46.9 Å². The van der Waals surface area contributed by atoms with Gasteiger partial charge in [0.25, 0.3) is 5.91 Å². The molecule has 0 fully saturated rings. The first kappa shape index (κ1) is 14.6. The van der Waals surface area contributed by atoms with E-state index in [4.69, 9.17) is 11.6 Å². The Morgan fingerprint density at radius 3 is 2.85 bits per heavy atom. The molecule has 1 amide bonds. The van der Waals surface area contributed by atoms with Crippen molar-refractivity contribution in [1.82, 2.24) is 15.1 Å². The smallest absolute Gasteiger partial charge is 0.254 e. The molecular formula is C15H18ClN3O. The predicted octanol–water partition coefficient (Wildman–Crippen LogP) is 3.01. The van der Waals surface area contributed by atoms with Gasteiger partial charge in [-0.15, -0.1) is 11.6 Å². The average Bonchev–Trinajstić information content (AvgIpc) is 2.97. The van der Waals surface area contributed by atoms with E-state index in [0.717, 1.165) is 18.5 Å². The van der Waals surface area contributed by atoms with E-state index in [9.17, 15) is 4.79 Å². The quantitative estimate of drug-likeness (QED) is 0.832. The van der Waals surface area contributed by atoms with Crippen molar-refractivity contribution in [2.24, 2.45) is 0 Å². The van der Waals surface area contributed by atoms with Gasteiger partial charge in [-0.2, -0.15) is 5.10 Å². The lowest BCUT2D eigenvalue weighted by molar-refractivity contribution is 0.0953. The van der Waals surface area contributed by atoms with Crippen LogP contribution in [0, 0.1) is 0 Å². The number of halogens is 1. The van der Waals surface area contributed by atoms with E-state index in [2.05, 4.69) is 10.4 Å². The van der Waals surface area contributed by atoms with Crippen molar-refractivity contribution < 1.29 is 4.79 Å². The Bertz CT molecular complexity index is 553. The van der Waals surface area contributed by atoms with Crippen LogP contribution in [-0.2, 0) is 0 Å². The van der Waals surface area contributed by atoms with Crippen molar-refractivity contribution in [3.05, 3.63) is 48.3 Å². The van der Waals surface area contributed by atoms with E-state index >= 15 is 0 Å². The minimum Gasteiger partial charge on any atom is -0.352 e. The van der Waals surface area contributed by atoms with E-state index in [0.29, 0.717) is 12.1 Å². The highest BCUT2D eigenvalue weighted by Gasteiger charge is 2.09. The lowest BCUT2D eigenvalue weighted by Gasteiger charge is -2.06. The molecule has 2 rings (SSSR count). The largest absolute Gasteiger partial charge is 0.352 e. The fourth-order valence-corrected chi connectivity index (χ4v) is 1.92. The number of carbonyl (C=O) groups excluding carboxylic acids is 1. The Hall–Kier alpha value is -1.81. The molecule has 0 aliphatic carbocycles. The number of hydrogen-bond donors (Lipinski definition) is 1. The standard InChI is InChI=1S/C15H18ClN3O/c1-2-13(16)8-9-17-15(20)12-10-18-19(11-12)14-6-4-3-5-7-14/h3-7,10-11,13H,2,8-9H2,1H3,(H,17,20). The summed E-state index contributed by atoms with van der Waals surface area (Å²) in [5.41, 5.74) is 1.48. The summed E-state index contributed by atoms with van der Waals surface area (Å²) < 4.78 is 1.69. The third kappa shape index (κ3) is 3.84. The van der Waals surface area contributed by atoms with Crippen LogP contribution in [0.5, 0.6) is 0 Å². The third-order valence-corrected chi connectivity index (χ3v) is 3.58. The van der Waals surface area contributed by atoms with Gasteiger partial charge in [-0.3, -0.25) is 4.79 Å². The van der Waals surface area contributed by atoms with Gasteiger partial charge >= 0.3 is 0 Å². The monoisotopic (exact) mass is 291 g/mol. The van der Waals surface area contributed by atoms with Gasteiger partial charge in [-0.25, -0.2) is 4.68 Å². The number of rotatable bonds is 6. The van der Waals surface area contributed by atoms with Gasteiger partial charge in [0.1, 0.15) is 0 Å². The molecule has 1 N–H and O–H groups in total. The van der Waals surface area contributed by atoms with Crippen LogP contribution in [0.2, 0.25) is 0 Å². The van der Waals surface area contributed by atoms with Crippen molar-refractivity contribution in [2.75, 3.05) is 6.54 Å². The van der Waals surface area contributed by atoms with Gasteiger partial charge in [0.05, 0.1) is 17.4 Å². The Kier molecular flexibility index (Phi) is 5.18. The molecule has 1 aromatic carbocycles. The number of para-hydroxylation sites is 1. The maximum atomic E-state index is 12.0. The van der Waals surface area contributed by atoms with Gasteiger partial charge in [0, 0.05) is 18.1 Å². The second kappa shape index (κ2) is 7.10. The summed E-state index contributed by atoms with van der Waals surface area (Å²) in [5.74, 6) is -0.118. The van der Waals surface area contributed by atoms with Crippen LogP contribution in [0.25, 0.3) is 5.69 Å². The fourth-order valence-electron chi connectivity index (χ4n) is 1.81. The molecule has 20 heavy (non-hydrogen) atoms. The molecule has 106 valence electrons. The number of nitrogens with one attached hydrogen (secondary N) is 1. The van der Waals surface area contributed by atoms with E-state index < -0.39 is 0 Å². The van der Waals surface area contributed by atoms with Crippen molar-refractivity contribution in [3.63, 3.8) is 0 Å². The first-order valence-electron chi connectivity index (χ1n) is 6.73. The molecule has 1 atom stereocenters. The summed E-state index contributed by atoms with van der Waals surface area (Å²) in [6.07, 6.45) is 4.98. The van der Waals surface area contributed by atoms with Crippen LogP contribution >= 0.6 is 11.6 Å². The van der Waals surface area contributed by atoms with Gasteiger partial charge in [0.15, 0.2) is 0 Å². The summed E-state index contributed by atoms with van der Waals surface area (Å²) in [5, 5.41) is 7.16. The molecule has 0 bridgehead atoms. The van der Waals surface area contributed by atoms with Crippen molar-refractivity contribution in [2.45, 2.75) is 25.1 Å². The van der Waals surface area contributed by atoms with Crippen LogP contribution in [0.15, 0.2) is 42.7 Å². The molecular weight excluding hydrogens is 274 g/mol. The molecule has 0 aliphatic rings. The summed E-state index contributed by atoms with van der Waals surface area (Å²) in [7, 11) is 0. The zero-order chi connectivity index (χ0) is 14.4. The van der Waals surface area contributed by atoms with Gasteiger partial charge in [-0.1, -0.05) is 25.1 Å². The lowest BCUT2D eigenvalue weighted by atomic mass is 10.2. The summed E-state index contributed by atoms with van der Waals surface area (Å²) in [6.45, 7) is 2.61. The number of alkyl halides is 1. The molecule has 5 heteroatoms. The first-order valence-corrected chi connectivity index (χ1v) is 7.16. The molecule has 4 nitrogen and oxygen atoms in total. The normalized spacial score (nSPS) is 12.1. The van der Waals surface area contributed by atoms with Crippen LogP contribution in [0.1, 0.15) is 30.1 Å². The minimum absolute atomic E-state index is 0.113. The molecule has 0 spiro atoms. The van der Waals surface area contributed by atoms with E-state index in [-0.39, 0.29) is 11.3 Å². The van der Waals surface area contributed by atoms with E-state index in [1.165, 1.54) is 0 Å². The highest BCUT2D eigenvalue weighted by molar-refractivity contribution is 6.20. The van der Waals surface area contributed by atoms with Crippen molar-refractivity contribution in [1.29, 1.82) is 0 Å². The van der Waals surface area contributed by atoms with Crippen LogP contribution in [0.4, 0.5) is 0 Å². The minimum atomic E-state index is -0.118. The Morgan fingerprint density at radius 2 is 2.15 bits per heavy atom. The second-order valence-electron chi connectivity index (χ2n) is 4.56. The molecule has 1 heterocycles. The highest BCUT2D eigenvalue weighted by atomic mass is 35.5. The highest BCUT2D eigenvalue weighted by Crippen LogP contribution is 2.08. The second-order valence-corrected chi connectivity index (χ2v) is 5.18. The van der Waals surface area contributed by atoms with Crippen molar-refractivity contribution in [3.8, 4) is 5.69 Å². The summed E-state index contributed by atoms with van der Waals surface area (Å²) >= 11 is 6.01. The van der Waals surface area contributed by atoms with Crippen LogP contribution in [-0.4, -0.2) is 27.6 Å². The van der Waals surface area contributed by atoms with E-state index in [1.54, 1.807) is 17.1 Å². The fraction of sp³-hybridized carbons (Fsp3) is 0.333. The van der Waals surface area contributed by atoms with E-state index in [1.807, 2.05) is 37.3 Å². The number of amides is 1. The maximum Gasteiger partial charge on any atom is 0.254 e. The molecule has 0 aliphatic heterocycles. The van der Waals surface area contributed by atoms with Gasteiger partial charge < -0.3 is 5.32 Å². The number of benzene rings is 1. The average molecular weight is 292 g/mol. The predicted molar refractivity (Wildman–Crippen MR) is 80.4 cm³/mol.